The summed E-state index contributed by atoms with van der Waals surface area (Å²) < 4.78 is 5.44. The van der Waals surface area contributed by atoms with E-state index in [4.69, 9.17) is 4.52 Å². The van der Waals surface area contributed by atoms with Crippen molar-refractivity contribution in [2.75, 3.05) is 20.6 Å². The van der Waals surface area contributed by atoms with Gasteiger partial charge in [-0.05, 0) is 39.7 Å². The molecule has 0 amide bonds. The highest BCUT2D eigenvalue weighted by atomic mass is 127. The van der Waals surface area contributed by atoms with Gasteiger partial charge < -0.3 is 15.2 Å². The fourth-order valence-corrected chi connectivity index (χ4v) is 2.93. The first kappa shape index (κ1) is 22.2. The molecule has 7 heteroatoms. The van der Waals surface area contributed by atoms with E-state index < -0.39 is 0 Å². The van der Waals surface area contributed by atoms with Gasteiger partial charge in [0.25, 0.3) is 0 Å². The highest BCUT2D eigenvalue weighted by molar-refractivity contribution is 14.0. The van der Waals surface area contributed by atoms with Crippen LogP contribution < -0.4 is 10.6 Å². The first-order valence-electron chi connectivity index (χ1n) is 9.20. The van der Waals surface area contributed by atoms with Crippen LogP contribution in [0.1, 0.15) is 63.8 Å². The van der Waals surface area contributed by atoms with Crippen LogP contribution in [0.4, 0.5) is 0 Å². The molecule has 1 atom stereocenters. The molecule has 0 aromatic carbocycles. The van der Waals surface area contributed by atoms with E-state index in [1.165, 1.54) is 12.8 Å². The first-order valence-corrected chi connectivity index (χ1v) is 9.20. The number of halogens is 1. The summed E-state index contributed by atoms with van der Waals surface area (Å²) in [7, 11) is 3.99. The Kier molecular flexibility index (Phi) is 9.78. The van der Waals surface area contributed by atoms with E-state index >= 15 is 0 Å². The van der Waals surface area contributed by atoms with E-state index in [0.29, 0.717) is 18.5 Å². The highest BCUT2D eigenvalue weighted by Crippen LogP contribution is 2.26. The average Bonchev–Trinajstić information content (AvgIpc) is 3.35. The second-order valence-corrected chi connectivity index (χ2v) is 6.78. The van der Waals surface area contributed by atoms with Crippen LogP contribution >= 0.6 is 24.0 Å². The van der Waals surface area contributed by atoms with Crippen molar-refractivity contribution in [2.24, 2.45) is 4.99 Å². The van der Waals surface area contributed by atoms with E-state index in [-0.39, 0.29) is 24.0 Å². The maximum Gasteiger partial charge on any atom is 0.191 e. The number of hydrogen-bond acceptors (Lipinski definition) is 4. The third-order valence-corrected chi connectivity index (χ3v) is 5.02. The Hall–Kier alpha value is -0.830. The summed E-state index contributed by atoms with van der Waals surface area (Å²) in [6, 6.07) is 3.32. The Bertz CT molecular complexity index is 525. The summed E-state index contributed by atoms with van der Waals surface area (Å²) in [4.78, 5) is 6.73. The summed E-state index contributed by atoms with van der Waals surface area (Å²) >= 11 is 0. The zero-order chi connectivity index (χ0) is 17.5. The Morgan fingerprint density at radius 1 is 1.36 bits per heavy atom. The summed E-state index contributed by atoms with van der Waals surface area (Å²) in [6.07, 6.45) is 4.84. The number of nitrogens with one attached hydrogen (secondary N) is 2. The fourth-order valence-electron chi connectivity index (χ4n) is 2.93. The maximum absolute atomic E-state index is 5.44. The Labute approximate surface area is 169 Å². The molecule has 2 rings (SSSR count). The zero-order valence-corrected chi connectivity index (χ0v) is 18.5. The van der Waals surface area contributed by atoms with Crippen LogP contribution in [-0.2, 0) is 6.54 Å². The molecule has 0 aliphatic heterocycles. The van der Waals surface area contributed by atoms with Crippen molar-refractivity contribution < 1.29 is 4.52 Å². The zero-order valence-electron chi connectivity index (χ0n) is 16.2. The molecule has 25 heavy (non-hydrogen) atoms. The number of aromatic nitrogens is 1. The summed E-state index contributed by atoms with van der Waals surface area (Å²) in [5.74, 6) is 2.13. The van der Waals surface area contributed by atoms with Gasteiger partial charge in [0, 0.05) is 37.7 Å². The van der Waals surface area contributed by atoms with E-state index in [1.807, 2.05) is 0 Å². The molecule has 2 N–H and O–H groups in total. The van der Waals surface area contributed by atoms with Gasteiger partial charge in [-0.1, -0.05) is 19.0 Å². The Balaban J connectivity index is 0.00000312. The third-order valence-electron chi connectivity index (χ3n) is 5.02. The molecule has 0 spiro atoms. The SMILES string of the molecule is CCC(CC)c1cc(CNC(=NC)NCC(C)N(C)C2CC2)on1.I. The minimum atomic E-state index is 0. The number of guanidine groups is 1. The number of aliphatic imine (C=N–C) groups is 1. The van der Waals surface area contributed by atoms with E-state index in [9.17, 15) is 0 Å². The van der Waals surface area contributed by atoms with Gasteiger partial charge >= 0.3 is 0 Å². The van der Waals surface area contributed by atoms with E-state index in [0.717, 1.165) is 42.8 Å². The van der Waals surface area contributed by atoms with Crippen molar-refractivity contribution in [3.8, 4) is 0 Å². The van der Waals surface area contributed by atoms with Crippen molar-refractivity contribution in [1.82, 2.24) is 20.7 Å². The number of hydrogen-bond donors (Lipinski definition) is 2. The largest absolute Gasteiger partial charge is 0.359 e. The van der Waals surface area contributed by atoms with Gasteiger partial charge in [0.05, 0.1) is 12.2 Å². The molecule has 1 fully saturated rings. The topological polar surface area (TPSA) is 65.7 Å². The summed E-state index contributed by atoms with van der Waals surface area (Å²) in [5.41, 5.74) is 1.06. The standard InChI is InChI=1S/C18H33N5O.HI/c1-6-14(7-2)17-10-16(24-22-17)12-21-18(19-4)20-11-13(3)23(5)15-8-9-15;/h10,13-15H,6-9,11-12H2,1-5H3,(H2,19,20,21);1H. The second kappa shape index (κ2) is 11.0. The molecule has 144 valence electrons. The monoisotopic (exact) mass is 463 g/mol. The molecule has 1 aromatic heterocycles. The lowest BCUT2D eigenvalue weighted by Crippen LogP contribution is -2.45. The normalized spacial score (nSPS) is 16.0. The molecule has 0 saturated heterocycles. The van der Waals surface area contributed by atoms with Crippen LogP contribution in [0.3, 0.4) is 0 Å². The molecular formula is C18H34IN5O. The smallest absolute Gasteiger partial charge is 0.191 e. The maximum atomic E-state index is 5.44. The molecular weight excluding hydrogens is 429 g/mol. The summed E-state index contributed by atoms with van der Waals surface area (Å²) in [6.45, 7) is 8.09. The molecule has 6 nitrogen and oxygen atoms in total. The van der Waals surface area contributed by atoms with Crippen LogP contribution in [0.25, 0.3) is 0 Å². The van der Waals surface area contributed by atoms with Crippen LogP contribution in [0.15, 0.2) is 15.6 Å². The Morgan fingerprint density at radius 3 is 2.60 bits per heavy atom. The van der Waals surface area contributed by atoms with E-state index in [2.05, 4.69) is 59.6 Å². The minimum Gasteiger partial charge on any atom is -0.359 e. The van der Waals surface area contributed by atoms with Gasteiger partial charge in [0.15, 0.2) is 11.7 Å². The highest BCUT2D eigenvalue weighted by Gasteiger charge is 2.28. The first-order chi connectivity index (χ1) is 11.6. The number of nitrogens with zero attached hydrogens (tertiary/aromatic N) is 3. The average molecular weight is 463 g/mol. The molecule has 0 bridgehead atoms. The van der Waals surface area contributed by atoms with Gasteiger partial charge in [0.2, 0.25) is 0 Å². The molecule has 0 radical (unpaired) electrons. The van der Waals surface area contributed by atoms with Gasteiger partial charge in [-0.15, -0.1) is 24.0 Å². The molecule has 1 aliphatic rings. The van der Waals surface area contributed by atoms with E-state index in [1.54, 1.807) is 7.05 Å². The van der Waals surface area contributed by atoms with Crippen molar-refractivity contribution in [2.45, 2.75) is 71.0 Å². The van der Waals surface area contributed by atoms with Crippen LogP contribution in [0.2, 0.25) is 0 Å². The predicted molar refractivity (Wildman–Crippen MR) is 114 cm³/mol. The number of likely N-dealkylation sites (N-methyl/N-ethyl adjacent to an activating group) is 1. The van der Waals surface area contributed by atoms with Crippen molar-refractivity contribution in [1.29, 1.82) is 0 Å². The lowest BCUT2D eigenvalue weighted by molar-refractivity contribution is 0.247. The lowest BCUT2D eigenvalue weighted by Gasteiger charge is -2.25. The van der Waals surface area contributed by atoms with Gasteiger partial charge in [0.1, 0.15) is 0 Å². The van der Waals surface area contributed by atoms with Crippen molar-refractivity contribution >= 4 is 29.9 Å². The van der Waals surface area contributed by atoms with Crippen LogP contribution in [0, 0.1) is 0 Å². The van der Waals surface area contributed by atoms with Gasteiger partial charge in [-0.2, -0.15) is 0 Å². The summed E-state index contributed by atoms with van der Waals surface area (Å²) in [5, 5.41) is 10.9. The van der Waals surface area contributed by atoms with Crippen molar-refractivity contribution in [3.05, 3.63) is 17.5 Å². The number of rotatable bonds is 9. The predicted octanol–water partition coefficient (Wildman–Crippen LogP) is 3.34. The second-order valence-electron chi connectivity index (χ2n) is 6.78. The molecule has 1 aliphatic carbocycles. The molecule has 1 heterocycles. The quantitative estimate of drug-likeness (QED) is 0.334. The Morgan fingerprint density at radius 2 is 2.04 bits per heavy atom. The van der Waals surface area contributed by atoms with Gasteiger partial charge in [-0.3, -0.25) is 9.89 Å². The lowest BCUT2D eigenvalue weighted by atomic mass is 9.99. The minimum absolute atomic E-state index is 0. The van der Waals surface area contributed by atoms with Crippen LogP contribution in [-0.4, -0.2) is 48.7 Å². The van der Waals surface area contributed by atoms with Crippen molar-refractivity contribution in [3.63, 3.8) is 0 Å². The molecule has 1 unspecified atom stereocenters. The van der Waals surface area contributed by atoms with Crippen LogP contribution in [0.5, 0.6) is 0 Å². The fraction of sp³-hybridized carbons (Fsp3) is 0.778. The van der Waals surface area contributed by atoms with Gasteiger partial charge in [-0.25, -0.2) is 0 Å². The molecule has 1 aromatic rings. The molecule has 1 saturated carbocycles. The third kappa shape index (κ3) is 6.77.